The summed E-state index contributed by atoms with van der Waals surface area (Å²) in [6.07, 6.45) is 0. The molecule has 1 N–H and O–H groups in total. The van der Waals surface area contributed by atoms with Crippen molar-refractivity contribution in [3.05, 3.63) is 54.1 Å². The number of hydrogen-bond donors (Lipinski definition) is 1. The van der Waals surface area contributed by atoms with E-state index in [1.54, 1.807) is 36.4 Å². The van der Waals surface area contributed by atoms with Gasteiger partial charge in [-0.1, -0.05) is 0 Å². The second-order valence-corrected chi connectivity index (χ2v) is 8.53. The number of nitrogens with one attached hydrogen (secondary N) is 1. The van der Waals surface area contributed by atoms with Crippen molar-refractivity contribution in [3.8, 4) is 11.8 Å². The van der Waals surface area contributed by atoms with E-state index in [9.17, 15) is 13.2 Å². The molecular weight excluding hydrogens is 392 g/mol. The maximum Gasteiger partial charge on any atom is 0.243 e. The van der Waals surface area contributed by atoms with Crippen molar-refractivity contribution in [1.29, 1.82) is 5.26 Å². The van der Waals surface area contributed by atoms with Crippen molar-refractivity contribution in [2.24, 2.45) is 0 Å². The molecule has 152 valence electrons. The second-order valence-electron chi connectivity index (χ2n) is 6.59. The summed E-state index contributed by atoms with van der Waals surface area (Å²) in [6.45, 7) is 1.75. The lowest BCUT2D eigenvalue weighted by atomic mass is 10.2. The Morgan fingerprint density at radius 1 is 1.07 bits per heavy atom. The van der Waals surface area contributed by atoms with E-state index in [0.29, 0.717) is 43.2 Å². The van der Waals surface area contributed by atoms with Crippen LogP contribution in [0.1, 0.15) is 5.56 Å². The van der Waals surface area contributed by atoms with Crippen LogP contribution in [0.4, 0.5) is 5.69 Å². The van der Waals surface area contributed by atoms with Crippen molar-refractivity contribution in [1.82, 2.24) is 9.21 Å². The lowest BCUT2D eigenvalue weighted by Crippen LogP contribution is -2.50. The number of carbonyl (C=O) groups excluding carboxylic acids is 1. The van der Waals surface area contributed by atoms with Crippen LogP contribution in [0.5, 0.6) is 5.75 Å². The average molecular weight is 414 g/mol. The lowest BCUT2D eigenvalue weighted by molar-refractivity contribution is -0.117. The van der Waals surface area contributed by atoms with Crippen molar-refractivity contribution < 1.29 is 17.9 Å². The van der Waals surface area contributed by atoms with E-state index in [0.717, 1.165) is 0 Å². The monoisotopic (exact) mass is 414 g/mol. The Morgan fingerprint density at radius 2 is 1.69 bits per heavy atom. The zero-order chi connectivity index (χ0) is 20.9. The highest BCUT2D eigenvalue weighted by molar-refractivity contribution is 7.89. The van der Waals surface area contributed by atoms with Crippen LogP contribution in [0.3, 0.4) is 0 Å². The smallest absolute Gasteiger partial charge is 0.243 e. The summed E-state index contributed by atoms with van der Waals surface area (Å²) in [5.74, 6) is 0.420. The summed E-state index contributed by atoms with van der Waals surface area (Å²) in [6, 6.07) is 15.0. The highest BCUT2D eigenvalue weighted by Crippen LogP contribution is 2.20. The molecule has 0 aliphatic carbocycles. The summed E-state index contributed by atoms with van der Waals surface area (Å²) in [5.41, 5.74) is 1.15. The zero-order valence-corrected chi connectivity index (χ0v) is 16.9. The van der Waals surface area contributed by atoms with Gasteiger partial charge in [-0.2, -0.15) is 9.57 Å². The number of anilines is 1. The van der Waals surface area contributed by atoms with E-state index < -0.39 is 10.0 Å². The Morgan fingerprint density at radius 3 is 2.24 bits per heavy atom. The fourth-order valence-corrected chi connectivity index (χ4v) is 4.48. The molecule has 2 aromatic rings. The summed E-state index contributed by atoms with van der Waals surface area (Å²) in [5, 5.41) is 11.6. The fraction of sp³-hybridized carbons (Fsp3) is 0.300. The number of nitrogens with zero attached hydrogens (tertiary/aromatic N) is 3. The van der Waals surface area contributed by atoms with Gasteiger partial charge in [0.2, 0.25) is 15.9 Å². The Kier molecular flexibility index (Phi) is 6.49. The first-order valence-electron chi connectivity index (χ1n) is 9.09. The number of ether oxygens (including phenoxy) is 1. The van der Waals surface area contributed by atoms with Gasteiger partial charge in [0.1, 0.15) is 5.75 Å². The first-order chi connectivity index (χ1) is 13.9. The van der Waals surface area contributed by atoms with Gasteiger partial charge in [0.25, 0.3) is 0 Å². The van der Waals surface area contributed by atoms with E-state index in [2.05, 4.69) is 5.32 Å². The maximum absolute atomic E-state index is 12.8. The molecule has 9 heteroatoms. The number of carbonyl (C=O) groups is 1. The largest absolute Gasteiger partial charge is 0.497 e. The molecular formula is C20H22N4O4S. The first kappa shape index (κ1) is 20.8. The van der Waals surface area contributed by atoms with Crippen LogP contribution in [0.15, 0.2) is 53.4 Å². The van der Waals surface area contributed by atoms with E-state index in [1.807, 2.05) is 11.0 Å². The molecule has 29 heavy (non-hydrogen) atoms. The van der Waals surface area contributed by atoms with Gasteiger partial charge in [-0.05, 0) is 48.5 Å². The van der Waals surface area contributed by atoms with Gasteiger partial charge in [-0.15, -0.1) is 0 Å². The van der Waals surface area contributed by atoms with Gasteiger partial charge in [-0.25, -0.2) is 8.42 Å². The van der Waals surface area contributed by atoms with Crippen LogP contribution < -0.4 is 10.1 Å². The second kappa shape index (κ2) is 9.05. The molecule has 0 saturated carbocycles. The third-order valence-electron chi connectivity index (χ3n) is 4.69. The predicted octanol–water partition coefficient (Wildman–Crippen LogP) is 1.51. The quantitative estimate of drug-likeness (QED) is 0.769. The normalized spacial score (nSPS) is 15.4. The van der Waals surface area contributed by atoms with Crippen molar-refractivity contribution in [2.75, 3.05) is 45.2 Å². The minimum absolute atomic E-state index is 0.177. The maximum atomic E-state index is 12.8. The highest BCUT2D eigenvalue weighted by Gasteiger charge is 2.29. The van der Waals surface area contributed by atoms with Gasteiger partial charge in [-0.3, -0.25) is 9.69 Å². The molecule has 8 nitrogen and oxygen atoms in total. The molecule has 1 aliphatic rings. The molecule has 0 bridgehead atoms. The van der Waals surface area contributed by atoms with Crippen molar-refractivity contribution in [2.45, 2.75) is 4.90 Å². The Balaban J connectivity index is 1.52. The summed E-state index contributed by atoms with van der Waals surface area (Å²) < 4.78 is 32.0. The van der Waals surface area contributed by atoms with Gasteiger partial charge in [0, 0.05) is 31.9 Å². The molecule has 1 heterocycles. The molecule has 0 spiro atoms. The number of benzene rings is 2. The highest BCUT2D eigenvalue weighted by atomic mass is 32.2. The fourth-order valence-electron chi connectivity index (χ4n) is 3.06. The van der Waals surface area contributed by atoms with Gasteiger partial charge in [0.05, 0.1) is 30.2 Å². The van der Waals surface area contributed by atoms with Crippen LogP contribution in [-0.4, -0.2) is 63.4 Å². The summed E-state index contributed by atoms with van der Waals surface area (Å²) >= 11 is 0. The SMILES string of the molecule is COc1ccc(S(=O)(=O)N2CCN(CC(=O)Nc3ccc(C#N)cc3)CC2)cc1. The Bertz CT molecular complexity index is 990. The average Bonchev–Trinajstić information content (AvgIpc) is 2.74. The molecule has 0 aromatic heterocycles. The first-order valence-corrected chi connectivity index (χ1v) is 10.5. The van der Waals surface area contributed by atoms with E-state index in [1.165, 1.54) is 23.5 Å². The molecule has 2 aromatic carbocycles. The molecule has 0 radical (unpaired) electrons. The molecule has 1 amide bonds. The Labute approximate surface area is 170 Å². The van der Waals surface area contributed by atoms with Gasteiger partial charge >= 0.3 is 0 Å². The topological polar surface area (TPSA) is 103 Å². The van der Waals surface area contributed by atoms with Gasteiger partial charge in [0.15, 0.2) is 0 Å². The van der Waals surface area contributed by atoms with E-state index in [-0.39, 0.29) is 17.3 Å². The standard InChI is InChI=1S/C20H22N4O4S/c1-28-18-6-8-19(9-7-18)29(26,27)24-12-10-23(11-13-24)15-20(25)22-17-4-2-16(14-21)3-5-17/h2-9H,10-13,15H2,1H3,(H,22,25). The van der Waals surface area contributed by atoms with E-state index >= 15 is 0 Å². The number of sulfonamides is 1. The van der Waals surface area contributed by atoms with Crippen molar-refractivity contribution >= 4 is 21.6 Å². The van der Waals surface area contributed by atoms with E-state index in [4.69, 9.17) is 10.00 Å². The number of hydrogen-bond acceptors (Lipinski definition) is 6. The van der Waals surface area contributed by atoms with Gasteiger partial charge < -0.3 is 10.1 Å². The van der Waals surface area contributed by atoms with Crippen LogP contribution in [0, 0.1) is 11.3 Å². The molecule has 0 atom stereocenters. The zero-order valence-electron chi connectivity index (χ0n) is 16.0. The Hall–Kier alpha value is -2.93. The summed E-state index contributed by atoms with van der Waals surface area (Å²) in [7, 11) is -2.04. The van der Waals surface area contributed by atoms with Crippen LogP contribution in [-0.2, 0) is 14.8 Å². The summed E-state index contributed by atoms with van der Waals surface area (Å²) in [4.78, 5) is 14.4. The van der Waals surface area contributed by atoms with Crippen LogP contribution in [0.2, 0.25) is 0 Å². The number of nitriles is 1. The minimum Gasteiger partial charge on any atom is -0.497 e. The third kappa shape index (κ3) is 5.12. The molecule has 1 aliphatic heterocycles. The number of rotatable bonds is 6. The molecule has 1 fully saturated rings. The van der Waals surface area contributed by atoms with Crippen LogP contribution in [0.25, 0.3) is 0 Å². The number of piperazine rings is 1. The number of methoxy groups -OCH3 is 1. The third-order valence-corrected chi connectivity index (χ3v) is 6.61. The van der Waals surface area contributed by atoms with Crippen LogP contribution >= 0.6 is 0 Å². The van der Waals surface area contributed by atoms with Crippen molar-refractivity contribution in [3.63, 3.8) is 0 Å². The molecule has 0 unspecified atom stereocenters. The predicted molar refractivity (Wildman–Crippen MR) is 108 cm³/mol. The molecule has 3 rings (SSSR count). The minimum atomic E-state index is -3.57. The lowest BCUT2D eigenvalue weighted by Gasteiger charge is -2.33. The number of amides is 1. The molecule has 1 saturated heterocycles.